The fourth-order valence-electron chi connectivity index (χ4n) is 1.96. The second kappa shape index (κ2) is 6.38. The number of ether oxygens (including phenoxy) is 1. The molecule has 0 aromatic rings. The van der Waals surface area contributed by atoms with Gasteiger partial charge in [0.15, 0.2) is 0 Å². The highest BCUT2D eigenvalue weighted by Gasteiger charge is 2.27. The molecule has 3 nitrogen and oxygen atoms in total. The van der Waals surface area contributed by atoms with E-state index in [-0.39, 0.29) is 0 Å². The summed E-state index contributed by atoms with van der Waals surface area (Å²) in [6.07, 6.45) is 2.36. The third-order valence-corrected chi connectivity index (χ3v) is 3.05. The summed E-state index contributed by atoms with van der Waals surface area (Å²) in [5, 5.41) is 3.61. The van der Waals surface area contributed by atoms with Crippen molar-refractivity contribution in [2.24, 2.45) is 0 Å². The molecular weight excluding hydrogens is 176 g/mol. The van der Waals surface area contributed by atoms with Crippen LogP contribution in [-0.4, -0.2) is 50.3 Å². The molecule has 1 heterocycles. The highest BCUT2D eigenvalue weighted by molar-refractivity contribution is 4.85. The average molecular weight is 200 g/mol. The molecule has 0 aliphatic carbocycles. The van der Waals surface area contributed by atoms with E-state index in [1.54, 1.807) is 0 Å². The Morgan fingerprint density at radius 1 is 1.43 bits per heavy atom. The van der Waals surface area contributed by atoms with Crippen molar-refractivity contribution in [1.29, 1.82) is 0 Å². The quantitative estimate of drug-likeness (QED) is 0.719. The van der Waals surface area contributed by atoms with Crippen molar-refractivity contribution in [2.45, 2.75) is 38.8 Å². The lowest BCUT2D eigenvalue weighted by atomic mass is 10.0. The maximum absolute atomic E-state index is 5.53. The van der Waals surface area contributed by atoms with Gasteiger partial charge < -0.3 is 10.1 Å². The molecule has 0 radical (unpaired) electrons. The lowest BCUT2D eigenvalue weighted by molar-refractivity contribution is 0.00784. The number of nitrogens with one attached hydrogen (secondary N) is 1. The molecule has 0 aromatic heterocycles. The van der Waals surface area contributed by atoms with Gasteiger partial charge in [-0.3, -0.25) is 4.90 Å². The molecule has 1 aliphatic rings. The van der Waals surface area contributed by atoms with Gasteiger partial charge >= 0.3 is 0 Å². The van der Waals surface area contributed by atoms with Crippen LogP contribution in [0.4, 0.5) is 0 Å². The number of nitrogens with zero attached hydrogens (tertiary/aromatic N) is 1. The Kier molecular flexibility index (Phi) is 5.45. The summed E-state index contributed by atoms with van der Waals surface area (Å²) in [6.45, 7) is 8.43. The molecule has 2 unspecified atom stereocenters. The molecule has 2 atom stereocenters. The first kappa shape index (κ1) is 12.0. The van der Waals surface area contributed by atoms with Crippen LogP contribution in [-0.2, 0) is 4.74 Å². The van der Waals surface area contributed by atoms with Gasteiger partial charge in [-0.1, -0.05) is 13.8 Å². The van der Waals surface area contributed by atoms with Gasteiger partial charge in [0.05, 0.1) is 6.61 Å². The van der Waals surface area contributed by atoms with Crippen LogP contribution in [0.1, 0.15) is 26.7 Å². The Balaban J connectivity index is 2.41. The van der Waals surface area contributed by atoms with E-state index < -0.39 is 0 Å². The smallest absolute Gasteiger partial charge is 0.0636 e. The van der Waals surface area contributed by atoms with E-state index in [1.165, 1.54) is 6.42 Å². The van der Waals surface area contributed by atoms with Gasteiger partial charge in [0.25, 0.3) is 0 Å². The van der Waals surface area contributed by atoms with Crippen molar-refractivity contribution >= 4 is 0 Å². The monoisotopic (exact) mass is 200 g/mol. The lowest BCUT2D eigenvalue weighted by Gasteiger charge is -2.37. The molecule has 0 spiro atoms. The van der Waals surface area contributed by atoms with Gasteiger partial charge in [-0.2, -0.15) is 0 Å². The summed E-state index contributed by atoms with van der Waals surface area (Å²) in [5.41, 5.74) is 0. The molecule has 1 aliphatic heterocycles. The Labute approximate surface area is 87.8 Å². The van der Waals surface area contributed by atoms with E-state index in [4.69, 9.17) is 4.74 Å². The number of rotatable bonds is 5. The second-order valence-corrected chi connectivity index (χ2v) is 4.06. The van der Waals surface area contributed by atoms with Gasteiger partial charge in [-0.25, -0.2) is 0 Å². The zero-order valence-electron chi connectivity index (χ0n) is 9.75. The lowest BCUT2D eigenvalue weighted by Crippen LogP contribution is -2.54. The maximum atomic E-state index is 5.53. The van der Waals surface area contributed by atoms with E-state index in [2.05, 4.69) is 31.1 Å². The predicted molar refractivity (Wildman–Crippen MR) is 59.6 cm³/mol. The SMILES string of the molecule is CCCNC1CCOCC1N(C)CC. The molecule has 14 heavy (non-hydrogen) atoms. The molecule has 1 saturated heterocycles. The van der Waals surface area contributed by atoms with Gasteiger partial charge in [0.1, 0.15) is 0 Å². The highest BCUT2D eigenvalue weighted by Crippen LogP contribution is 2.12. The topological polar surface area (TPSA) is 24.5 Å². The first-order valence-corrected chi connectivity index (χ1v) is 5.81. The molecule has 0 aromatic carbocycles. The average Bonchev–Trinajstić information content (AvgIpc) is 2.25. The van der Waals surface area contributed by atoms with Crippen molar-refractivity contribution in [1.82, 2.24) is 10.2 Å². The molecular formula is C11H24N2O. The van der Waals surface area contributed by atoms with Crippen molar-refractivity contribution in [3.63, 3.8) is 0 Å². The van der Waals surface area contributed by atoms with Gasteiger partial charge in [-0.15, -0.1) is 0 Å². The van der Waals surface area contributed by atoms with E-state index >= 15 is 0 Å². The molecule has 0 saturated carbocycles. The Bertz CT molecular complexity index is 152. The highest BCUT2D eigenvalue weighted by atomic mass is 16.5. The standard InChI is InChI=1S/C11H24N2O/c1-4-7-12-10-6-8-14-9-11(10)13(3)5-2/h10-12H,4-9H2,1-3H3. The largest absolute Gasteiger partial charge is 0.380 e. The van der Waals surface area contributed by atoms with Crippen LogP contribution in [0.25, 0.3) is 0 Å². The van der Waals surface area contributed by atoms with Crippen LogP contribution in [0.2, 0.25) is 0 Å². The molecule has 0 bridgehead atoms. The Morgan fingerprint density at radius 3 is 2.86 bits per heavy atom. The summed E-state index contributed by atoms with van der Waals surface area (Å²) >= 11 is 0. The number of hydrogen-bond donors (Lipinski definition) is 1. The van der Waals surface area contributed by atoms with Crippen LogP contribution in [0.3, 0.4) is 0 Å². The zero-order valence-corrected chi connectivity index (χ0v) is 9.75. The van der Waals surface area contributed by atoms with Crippen LogP contribution < -0.4 is 5.32 Å². The second-order valence-electron chi connectivity index (χ2n) is 4.06. The summed E-state index contributed by atoms with van der Waals surface area (Å²) in [6, 6.07) is 1.17. The summed E-state index contributed by atoms with van der Waals surface area (Å²) in [7, 11) is 2.18. The van der Waals surface area contributed by atoms with Gasteiger partial charge in [-0.05, 0) is 33.0 Å². The minimum absolute atomic E-state index is 0.556. The van der Waals surface area contributed by atoms with Crippen LogP contribution in [0.5, 0.6) is 0 Å². The Hall–Kier alpha value is -0.120. The van der Waals surface area contributed by atoms with E-state index in [1.807, 2.05) is 0 Å². The van der Waals surface area contributed by atoms with Crippen molar-refractivity contribution in [2.75, 3.05) is 33.4 Å². The molecule has 1 N–H and O–H groups in total. The minimum Gasteiger partial charge on any atom is -0.380 e. The molecule has 0 amide bonds. The van der Waals surface area contributed by atoms with Crippen molar-refractivity contribution in [3.8, 4) is 0 Å². The molecule has 84 valence electrons. The normalized spacial score (nSPS) is 28.3. The fourth-order valence-corrected chi connectivity index (χ4v) is 1.96. The minimum atomic E-state index is 0.556. The van der Waals surface area contributed by atoms with Gasteiger partial charge in [0.2, 0.25) is 0 Å². The summed E-state index contributed by atoms with van der Waals surface area (Å²) in [5.74, 6) is 0. The summed E-state index contributed by atoms with van der Waals surface area (Å²) in [4.78, 5) is 2.38. The molecule has 1 rings (SSSR count). The number of likely N-dealkylation sites (N-methyl/N-ethyl adjacent to an activating group) is 1. The summed E-state index contributed by atoms with van der Waals surface area (Å²) < 4.78 is 5.53. The van der Waals surface area contributed by atoms with Crippen LogP contribution in [0.15, 0.2) is 0 Å². The Morgan fingerprint density at radius 2 is 2.21 bits per heavy atom. The van der Waals surface area contributed by atoms with E-state index in [9.17, 15) is 0 Å². The third-order valence-electron chi connectivity index (χ3n) is 3.05. The first-order valence-electron chi connectivity index (χ1n) is 5.81. The number of hydrogen-bond acceptors (Lipinski definition) is 3. The van der Waals surface area contributed by atoms with Crippen LogP contribution in [0, 0.1) is 0 Å². The van der Waals surface area contributed by atoms with Gasteiger partial charge in [0, 0.05) is 18.7 Å². The molecule has 1 fully saturated rings. The van der Waals surface area contributed by atoms with Crippen molar-refractivity contribution in [3.05, 3.63) is 0 Å². The predicted octanol–water partition coefficient (Wildman–Crippen LogP) is 1.10. The molecule has 3 heteroatoms. The van der Waals surface area contributed by atoms with E-state index in [0.29, 0.717) is 12.1 Å². The zero-order chi connectivity index (χ0) is 10.4. The fraction of sp³-hybridized carbons (Fsp3) is 1.00. The first-order chi connectivity index (χ1) is 6.79. The third kappa shape index (κ3) is 3.23. The van der Waals surface area contributed by atoms with E-state index in [0.717, 1.165) is 32.7 Å². The maximum Gasteiger partial charge on any atom is 0.0636 e. The van der Waals surface area contributed by atoms with Crippen LogP contribution >= 0.6 is 0 Å². The van der Waals surface area contributed by atoms with Crippen molar-refractivity contribution < 1.29 is 4.74 Å².